The standard InChI is InChI=1S/C17H18N2O4/c1-3-18(4-2)17(20)13-5-9-15(10-6-13)23-16-11-7-14(8-12-16)19(21)22/h5-12H,3-4H2,1-2H3. The van der Waals surface area contributed by atoms with Gasteiger partial charge in [0.2, 0.25) is 0 Å². The van der Waals surface area contributed by atoms with Gasteiger partial charge in [-0.3, -0.25) is 14.9 Å². The van der Waals surface area contributed by atoms with E-state index >= 15 is 0 Å². The molecule has 2 rings (SSSR count). The second kappa shape index (κ2) is 7.40. The molecule has 0 aliphatic carbocycles. The monoisotopic (exact) mass is 314 g/mol. The van der Waals surface area contributed by atoms with Gasteiger partial charge >= 0.3 is 0 Å². The predicted molar refractivity (Wildman–Crippen MR) is 86.9 cm³/mol. The van der Waals surface area contributed by atoms with E-state index in [-0.39, 0.29) is 11.6 Å². The highest BCUT2D eigenvalue weighted by Gasteiger charge is 2.12. The Bertz CT molecular complexity index is 677. The van der Waals surface area contributed by atoms with Crippen LogP contribution in [0.4, 0.5) is 5.69 Å². The van der Waals surface area contributed by atoms with E-state index in [9.17, 15) is 14.9 Å². The summed E-state index contributed by atoms with van der Waals surface area (Å²) in [4.78, 5) is 24.1. The van der Waals surface area contributed by atoms with Crippen LogP contribution in [0.2, 0.25) is 0 Å². The molecule has 0 saturated carbocycles. The molecular weight excluding hydrogens is 296 g/mol. The molecule has 23 heavy (non-hydrogen) atoms. The van der Waals surface area contributed by atoms with Gasteiger partial charge in [-0.1, -0.05) is 0 Å². The van der Waals surface area contributed by atoms with Crippen LogP contribution in [0, 0.1) is 10.1 Å². The molecule has 0 bridgehead atoms. The van der Waals surface area contributed by atoms with E-state index in [4.69, 9.17) is 4.74 Å². The molecule has 6 nitrogen and oxygen atoms in total. The number of nitro groups is 1. The predicted octanol–water partition coefficient (Wildman–Crippen LogP) is 3.87. The molecule has 0 spiro atoms. The highest BCUT2D eigenvalue weighted by atomic mass is 16.6. The van der Waals surface area contributed by atoms with Crippen LogP contribution < -0.4 is 4.74 Å². The van der Waals surface area contributed by atoms with E-state index in [1.807, 2.05) is 13.8 Å². The topological polar surface area (TPSA) is 72.7 Å². The van der Waals surface area contributed by atoms with Crippen molar-refractivity contribution in [3.05, 3.63) is 64.2 Å². The van der Waals surface area contributed by atoms with Crippen LogP contribution in [0.25, 0.3) is 0 Å². The Morgan fingerprint density at radius 1 is 1.00 bits per heavy atom. The van der Waals surface area contributed by atoms with Gasteiger partial charge in [0.25, 0.3) is 11.6 Å². The summed E-state index contributed by atoms with van der Waals surface area (Å²) in [6.45, 7) is 5.20. The molecule has 0 heterocycles. The number of nitro benzene ring substituents is 1. The number of hydrogen-bond acceptors (Lipinski definition) is 4. The van der Waals surface area contributed by atoms with E-state index in [1.54, 1.807) is 29.2 Å². The lowest BCUT2D eigenvalue weighted by Crippen LogP contribution is -2.30. The summed E-state index contributed by atoms with van der Waals surface area (Å²) < 4.78 is 5.61. The van der Waals surface area contributed by atoms with Crippen LogP contribution in [0.1, 0.15) is 24.2 Å². The van der Waals surface area contributed by atoms with Crippen LogP contribution in [-0.4, -0.2) is 28.8 Å². The first-order valence-corrected chi connectivity index (χ1v) is 7.36. The first-order valence-electron chi connectivity index (χ1n) is 7.36. The molecule has 120 valence electrons. The molecule has 0 saturated heterocycles. The van der Waals surface area contributed by atoms with Gasteiger partial charge in [0.1, 0.15) is 11.5 Å². The number of carbonyl (C=O) groups is 1. The highest BCUT2D eigenvalue weighted by molar-refractivity contribution is 5.94. The fourth-order valence-electron chi connectivity index (χ4n) is 2.13. The van der Waals surface area contributed by atoms with Gasteiger partial charge in [-0.2, -0.15) is 0 Å². The largest absolute Gasteiger partial charge is 0.457 e. The molecule has 0 aliphatic rings. The number of hydrogen-bond donors (Lipinski definition) is 0. The Morgan fingerprint density at radius 2 is 1.48 bits per heavy atom. The van der Waals surface area contributed by atoms with Crippen molar-refractivity contribution >= 4 is 11.6 Å². The molecular formula is C17H18N2O4. The first-order chi connectivity index (χ1) is 11.0. The zero-order valence-electron chi connectivity index (χ0n) is 13.1. The van der Waals surface area contributed by atoms with Gasteiger partial charge in [-0.05, 0) is 50.2 Å². The Hall–Kier alpha value is -2.89. The summed E-state index contributed by atoms with van der Waals surface area (Å²) >= 11 is 0. The summed E-state index contributed by atoms with van der Waals surface area (Å²) in [6.07, 6.45) is 0. The second-order valence-electron chi connectivity index (χ2n) is 4.85. The lowest BCUT2D eigenvalue weighted by Gasteiger charge is -2.18. The summed E-state index contributed by atoms with van der Waals surface area (Å²) in [5.41, 5.74) is 0.613. The van der Waals surface area contributed by atoms with Crippen molar-refractivity contribution in [3.63, 3.8) is 0 Å². The van der Waals surface area contributed by atoms with Crippen LogP contribution in [-0.2, 0) is 0 Å². The van der Waals surface area contributed by atoms with Crippen molar-refractivity contribution in [1.29, 1.82) is 0 Å². The zero-order chi connectivity index (χ0) is 16.8. The second-order valence-corrected chi connectivity index (χ2v) is 4.85. The fraction of sp³-hybridized carbons (Fsp3) is 0.235. The van der Waals surface area contributed by atoms with Crippen molar-refractivity contribution in [2.24, 2.45) is 0 Å². The number of rotatable bonds is 6. The summed E-state index contributed by atoms with van der Waals surface area (Å²) in [6, 6.07) is 12.7. The first kappa shape index (κ1) is 16.5. The average Bonchev–Trinajstić information content (AvgIpc) is 2.57. The summed E-state index contributed by atoms with van der Waals surface area (Å²) in [5.74, 6) is 1.05. The highest BCUT2D eigenvalue weighted by Crippen LogP contribution is 2.24. The molecule has 1 amide bonds. The summed E-state index contributed by atoms with van der Waals surface area (Å²) in [5, 5.41) is 10.6. The Labute approximate surface area is 134 Å². The number of non-ortho nitro benzene ring substituents is 1. The van der Waals surface area contributed by atoms with Gasteiger partial charge in [0.15, 0.2) is 0 Å². The molecule has 0 fully saturated rings. The van der Waals surface area contributed by atoms with Crippen molar-refractivity contribution < 1.29 is 14.5 Å². The molecule has 0 aromatic heterocycles. The molecule has 6 heteroatoms. The number of amides is 1. The van der Waals surface area contributed by atoms with Crippen LogP contribution >= 0.6 is 0 Å². The minimum atomic E-state index is -0.461. The van der Waals surface area contributed by atoms with E-state index in [0.717, 1.165) is 0 Å². The zero-order valence-corrected chi connectivity index (χ0v) is 13.1. The lowest BCUT2D eigenvalue weighted by molar-refractivity contribution is -0.384. The van der Waals surface area contributed by atoms with Gasteiger partial charge < -0.3 is 9.64 Å². The van der Waals surface area contributed by atoms with Crippen molar-refractivity contribution in [1.82, 2.24) is 4.90 Å². The molecule has 0 radical (unpaired) electrons. The molecule has 2 aromatic rings. The minimum absolute atomic E-state index is 0.0116. The number of ether oxygens (including phenoxy) is 1. The molecule has 0 aliphatic heterocycles. The molecule has 0 atom stereocenters. The van der Waals surface area contributed by atoms with E-state index in [1.165, 1.54) is 24.3 Å². The normalized spacial score (nSPS) is 10.2. The maximum absolute atomic E-state index is 12.2. The van der Waals surface area contributed by atoms with E-state index < -0.39 is 4.92 Å². The van der Waals surface area contributed by atoms with Gasteiger partial charge in [-0.25, -0.2) is 0 Å². The number of nitrogens with zero attached hydrogens (tertiary/aromatic N) is 2. The fourth-order valence-corrected chi connectivity index (χ4v) is 2.13. The molecule has 0 unspecified atom stereocenters. The molecule has 2 aromatic carbocycles. The van der Waals surface area contributed by atoms with Gasteiger partial charge in [0, 0.05) is 30.8 Å². The summed E-state index contributed by atoms with van der Waals surface area (Å²) in [7, 11) is 0. The lowest BCUT2D eigenvalue weighted by atomic mass is 10.2. The van der Waals surface area contributed by atoms with E-state index in [2.05, 4.69) is 0 Å². The van der Waals surface area contributed by atoms with Crippen LogP contribution in [0.3, 0.4) is 0 Å². The van der Waals surface area contributed by atoms with Crippen molar-refractivity contribution in [3.8, 4) is 11.5 Å². The SMILES string of the molecule is CCN(CC)C(=O)c1ccc(Oc2ccc([N+](=O)[O-])cc2)cc1. The Morgan fingerprint density at radius 3 is 1.91 bits per heavy atom. The van der Waals surface area contributed by atoms with E-state index in [0.29, 0.717) is 30.2 Å². The van der Waals surface area contributed by atoms with Gasteiger partial charge in [0.05, 0.1) is 4.92 Å². The smallest absolute Gasteiger partial charge is 0.269 e. The Kier molecular flexibility index (Phi) is 5.30. The van der Waals surface area contributed by atoms with Crippen LogP contribution in [0.15, 0.2) is 48.5 Å². The van der Waals surface area contributed by atoms with Crippen LogP contribution in [0.5, 0.6) is 11.5 Å². The van der Waals surface area contributed by atoms with Gasteiger partial charge in [-0.15, -0.1) is 0 Å². The average molecular weight is 314 g/mol. The minimum Gasteiger partial charge on any atom is -0.457 e. The number of carbonyl (C=O) groups excluding carboxylic acids is 1. The number of benzene rings is 2. The third kappa shape index (κ3) is 4.06. The van der Waals surface area contributed by atoms with Crippen molar-refractivity contribution in [2.45, 2.75) is 13.8 Å². The Balaban J connectivity index is 2.07. The maximum atomic E-state index is 12.2. The van der Waals surface area contributed by atoms with Crippen molar-refractivity contribution in [2.75, 3.05) is 13.1 Å². The third-order valence-electron chi connectivity index (χ3n) is 3.44. The molecule has 0 N–H and O–H groups in total. The quantitative estimate of drug-likeness (QED) is 0.599. The third-order valence-corrected chi connectivity index (χ3v) is 3.44. The maximum Gasteiger partial charge on any atom is 0.269 e.